The molecule has 0 aromatic heterocycles. The van der Waals surface area contributed by atoms with E-state index < -0.39 is 24.6 Å². The molecule has 8 heteroatoms. The Morgan fingerprint density at radius 1 is 1.08 bits per heavy atom. The third kappa shape index (κ3) is 4.28. The van der Waals surface area contributed by atoms with E-state index in [9.17, 15) is 22.8 Å². The van der Waals surface area contributed by atoms with Crippen molar-refractivity contribution in [3.8, 4) is 0 Å². The second-order valence-electron chi connectivity index (χ2n) is 5.52. The summed E-state index contributed by atoms with van der Waals surface area (Å²) < 4.78 is 42.2. The molecule has 0 saturated carbocycles. The van der Waals surface area contributed by atoms with Crippen LogP contribution in [-0.4, -0.2) is 18.2 Å². The second-order valence-corrected chi connectivity index (χ2v) is 5.52. The van der Waals surface area contributed by atoms with Crippen molar-refractivity contribution in [2.24, 2.45) is 0 Å². The summed E-state index contributed by atoms with van der Waals surface area (Å²) in [6.07, 6.45) is -5.39. The van der Waals surface area contributed by atoms with Gasteiger partial charge in [0, 0.05) is 16.9 Å². The Balaban J connectivity index is 1.66. The van der Waals surface area contributed by atoms with Crippen molar-refractivity contribution in [1.82, 2.24) is 0 Å². The molecule has 1 aliphatic heterocycles. The number of esters is 1. The lowest BCUT2D eigenvalue weighted by atomic mass is 10.1. The monoisotopic (exact) mass is 350 g/mol. The van der Waals surface area contributed by atoms with Crippen molar-refractivity contribution in [1.29, 1.82) is 0 Å². The van der Waals surface area contributed by atoms with Gasteiger partial charge in [-0.3, -0.25) is 0 Å². The summed E-state index contributed by atoms with van der Waals surface area (Å²) in [5.74, 6) is -0.459. The summed E-state index contributed by atoms with van der Waals surface area (Å²) in [6, 6.07) is 9.65. The Labute approximate surface area is 140 Å². The average Bonchev–Trinajstić information content (AvgIpc) is 2.87. The largest absolute Gasteiger partial charge is 0.457 e. The van der Waals surface area contributed by atoms with Crippen LogP contribution in [0.4, 0.5) is 29.3 Å². The fraction of sp³-hybridized carbons (Fsp3) is 0.176. The number of nitrogens with one attached hydrogen (secondary N) is 2. The molecule has 2 N–H and O–H groups in total. The van der Waals surface area contributed by atoms with Crippen LogP contribution in [0.2, 0.25) is 0 Å². The van der Waals surface area contributed by atoms with Gasteiger partial charge in [0.1, 0.15) is 6.61 Å². The quantitative estimate of drug-likeness (QED) is 0.819. The van der Waals surface area contributed by atoms with Crippen molar-refractivity contribution in [2.75, 3.05) is 10.6 Å². The van der Waals surface area contributed by atoms with Crippen LogP contribution in [0, 0.1) is 0 Å². The molecule has 0 spiro atoms. The number of carbonyl (C=O) groups excluding carboxylic acids is 2. The molecule has 0 aliphatic carbocycles. The standard InChI is InChI=1S/C17H13F3N2O3/c18-17(19,20)8-10-2-1-3-12(6-10)21-16(24)22-13-5-4-11-9-25-15(23)14(11)7-13/h1-7H,8-9H2,(H2,21,22,24). The Kier molecular flexibility index (Phi) is 4.35. The molecule has 0 unspecified atom stereocenters. The molecule has 25 heavy (non-hydrogen) atoms. The Morgan fingerprint density at radius 2 is 1.80 bits per heavy atom. The molecule has 1 aliphatic rings. The van der Waals surface area contributed by atoms with Gasteiger partial charge in [-0.25, -0.2) is 9.59 Å². The van der Waals surface area contributed by atoms with Crippen molar-refractivity contribution in [3.05, 3.63) is 59.2 Å². The minimum atomic E-state index is -4.32. The number of fused-ring (bicyclic) bond motifs is 1. The lowest BCUT2D eigenvalue weighted by molar-refractivity contribution is -0.127. The van der Waals surface area contributed by atoms with Crippen LogP contribution in [0.15, 0.2) is 42.5 Å². The lowest BCUT2D eigenvalue weighted by Gasteiger charge is -2.10. The van der Waals surface area contributed by atoms with Crippen molar-refractivity contribution < 1.29 is 27.5 Å². The van der Waals surface area contributed by atoms with Crippen LogP contribution in [0.5, 0.6) is 0 Å². The van der Waals surface area contributed by atoms with E-state index in [2.05, 4.69) is 10.6 Å². The van der Waals surface area contributed by atoms with Gasteiger partial charge in [0.05, 0.1) is 12.0 Å². The zero-order valence-electron chi connectivity index (χ0n) is 12.8. The summed E-state index contributed by atoms with van der Waals surface area (Å²) in [6.45, 7) is 0.201. The minimum absolute atomic E-state index is 0.0468. The van der Waals surface area contributed by atoms with E-state index in [1.807, 2.05) is 0 Å². The fourth-order valence-electron chi connectivity index (χ4n) is 2.48. The van der Waals surface area contributed by atoms with E-state index in [1.54, 1.807) is 12.1 Å². The molecular formula is C17H13F3N2O3. The highest BCUT2D eigenvalue weighted by Gasteiger charge is 2.27. The van der Waals surface area contributed by atoms with Crippen LogP contribution >= 0.6 is 0 Å². The highest BCUT2D eigenvalue weighted by atomic mass is 19.4. The highest BCUT2D eigenvalue weighted by molar-refractivity contribution is 6.01. The Bertz CT molecular complexity index is 834. The van der Waals surface area contributed by atoms with Crippen LogP contribution < -0.4 is 10.6 Å². The number of hydrogen-bond acceptors (Lipinski definition) is 3. The molecule has 0 bridgehead atoms. The van der Waals surface area contributed by atoms with Gasteiger partial charge in [0.2, 0.25) is 0 Å². The van der Waals surface area contributed by atoms with Crippen LogP contribution in [0.25, 0.3) is 0 Å². The maximum atomic E-state index is 12.4. The number of rotatable bonds is 3. The molecule has 5 nitrogen and oxygen atoms in total. The molecule has 0 fully saturated rings. The van der Waals surface area contributed by atoms with Crippen LogP contribution in [-0.2, 0) is 17.8 Å². The topological polar surface area (TPSA) is 67.4 Å². The smallest absolute Gasteiger partial charge is 0.393 e. The highest BCUT2D eigenvalue weighted by Crippen LogP contribution is 2.24. The summed E-state index contributed by atoms with van der Waals surface area (Å²) in [7, 11) is 0. The number of urea groups is 1. The third-order valence-electron chi connectivity index (χ3n) is 3.54. The van der Waals surface area contributed by atoms with Crippen molar-refractivity contribution in [3.63, 3.8) is 0 Å². The fourth-order valence-corrected chi connectivity index (χ4v) is 2.48. The maximum absolute atomic E-state index is 12.4. The van der Waals surface area contributed by atoms with Crippen LogP contribution in [0.3, 0.4) is 0 Å². The van der Waals surface area contributed by atoms with Gasteiger partial charge in [-0.1, -0.05) is 18.2 Å². The number of ether oxygens (including phenoxy) is 1. The summed E-state index contributed by atoms with van der Waals surface area (Å²) in [4.78, 5) is 23.5. The maximum Gasteiger partial charge on any atom is 0.393 e. The normalized spacial score (nSPS) is 13.2. The Hall–Kier alpha value is -3.03. The van der Waals surface area contributed by atoms with Crippen molar-refractivity contribution in [2.45, 2.75) is 19.2 Å². The van der Waals surface area contributed by atoms with Crippen molar-refractivity contribution >= 4 is 23.4 Å². The average molecular weight is 350 g/mol. The van der Waals surface area contributed by atoms with E-state index >= 15 is 0 Å². The van der Waals surface area contributed by atoms with Gasteiger partial charge in [-0.15, -0.1) is 0 Å². The van der Waals surface area contributed by atoms with Gasteiger partial charge in [0.15, 0.2) is 0 Å². The van der Waals surface area contributed by atoms with E-state index in [0.717, 1.165) is 5.56 Å². The molecule has 2 aromatic carbocycles. The molecule has 2 amide bonds. The first-order valence-corrected chi connectivity index (χ1v) is 7.34. The number of benzene rings is 2. The molecule has 1 heterocycles. The molecule has 0 saturated heterocycles. The van der Waals surface area contributed by atoms with E-state index in [-0.39, 0.29) is 17.9 Å². The zero-order valence-corrected chi connectivity index (χ0v) is 12.8. The van der Waals surface area contributed by atoms with E-state index in [1.165, 1.54) is 30.3 Å². The number of alkyl halides is 3. The van der Waals surface area contributed by atoms with Gasteiger partial charge in [-0.2, -0.15) is 13.2 Å². The minimum Gasteiger partial charge on any atom is -0.457 e. The van der Waals surface area contributed by atoms with E-state index in [4.69, 9.17) is 4.74 Å². The summed E-state index contributed by atoms with van der Waals surface area (Å²) >= 11 is 0. The lowest BCUT2D eigenvalue weighted by Crippen LogP contribution is -2.20. The van der Waals surface area contributed by atoms with Gasteiger partial charge in [0.25, 0.3) is 0 Å². The molecule has 130 valence electrons. The van der Waals surface area contributed by atoms with Gasteiger partial charge in [-0.05, 0) is 29.8 Å². The molecule has 2 aromatic rings. The molecule has 3 rings (SSSR count). The Morgan fingerprint density at radius 3 is 2.52 bits per heavy atom. The predicted octanol–water partition coefficient (Wildman–Crippen LogP) is 4.11. The number of halogens is 3. The van der Waals surface area contributed by atoms with Gasteiger partial charge >= 0.3 is 18.2 Å². The first-order chi connectivity index (χ1) is 11.8. The predicted molar refractivity (Wildman–Crippen MR) is 84.4 cm³/mol. The summed E-state index contributed by atoms with van der Waals surface area (Å²) in [5.41, 5.74) is 1.77. The van der Waals surface area contributed by atoms with E-state index in [0.29, 0.717) is 11.3 Å². The number of anilines is 2. The third-order valence-corrected chi connectivity index (χ3v) is 3.54. The molecular weight excluding hydrogens is 337 g/mol. The molecule has 0 radical (unpaired) electrons. The SMILES string of the molecule is O=C(Nc1cccc(CC(F)(F)F)c1)Nc1ccc2c(c1)C(=O)OC2. The first-order valence-electron chi connectivity index (χ1n) is 7.34. The second kappa shape index (κ2) is 6.46. The summed E-state index contributed by atoms with van der Waals surface area (Å²) in [5, 5.41) is 4.99. The first kappa shape index (κ1) is 16.8. The number of carbonyl (C=O) groups is 2. The number of hydrogen-bond donors (Lipinski definition) is 2. The zero-order chi connectivity index (χ0) is 18.0. The van der Waals surface area contributed by atoms with Gasteiger partial charge < -0.3 is 15.4 Å². The number of amides is 2. The van der Waals surface area contributed by atoms with Crippen LogP contribution in [0.1, 0.15) is 21.5 Å². The molecule has 0 atom stereocenters. The number of cyclic esters (lactones) is 1.